The highest BCUT2D eigenvalue weighted by molar-refractivity contribution is 5.78. The summed E-state index contributed by atoms with van der Waals surface area (Å²) < 4.78 is 5.34. The number of carbonyl (C=O) groups is 3. The molecule has 0 unspecified atom stereocenters. The molecule has 7 heteroatoms. The predicted octanol–water partition coefficient (Wildman–Crippen LogP) is 6.40. The summed E-state index contributed by atoms with van der Waals surface area (Å²) in [6.45, 7) is 6.58. The molecule has 0 aromatic carbocycles. The second-order valence-corrected chi connectivity index (χ2v) is 10.8. The van der Waals surface area contributed by atoms with Crippen molar-refractivity contribution in [1.29, 1.82) is 0 Å². The fraction of sp³-hybridized carbons (Fsp3) is 0.897. The lowest BCUT2D eigenvalue weighted by atomic mass is 9.89. The van der Waals surface area contributed by atoms with Gasteiger partial charge in [-0.2, -0.15) is 0 Å². The van der Waals surface area contributed by atoms with Crippen molar-refractivity contribution in [1.82, 2.24) is 5.32 Å². The Morgan fingerprint density at radius 1 is 0.833 bits per heavy atom. The summed E-state index contributed by atoms with van der Waals surface area (Å²) in [4.78, 5) is 33.8. The molecule has 1 amide bonds. The minimum atomic E-state index is -0.946. The maximum absolute atomic E-state index is 12.1. The standard InChI is InChI=1S/C29H55NO6/c1-4-5-6-7-8-9-10-11-14-17-25(21-26(32)22-28(33)34)18-15-12-13-16-19-36-29(35)27(30-23-31)20-24(2)3/h23-27,32H,4-22H2,1-3H3,(H,30,31)(H,33,34)/t25-,26+,27-/m0/s1. The molecular weight excluding hydrogens is 458 g/mol. The van der Waals surface area contributed by atoms with Gasteiger partial charge in [0, 0.05) is 0 Å². The van der Waals surface area contributed by atoms with Crippen molar-refractivity contribution < 1.29 is 29.3 Å². The first-order chi connectivity index (χ1) is 17.3. The third kappa shape index (κ3) is 21.6. The van der Waals surface area contributed by atoms with Crippen LogP contribution in [-0.2, 0) is 19.1 Å². The average Bonchev–Trinajstić information content (AvgIpc) is 2.80. The Morgan fingerprint density at radius 2 is 1.36 bits per heavy atom. The van der Waals surface area contributed by atoms with Crippen LogP contribution in [0.1, 0.15) is 136 Å². The lowest BCUT2D eigenvalue weighted by molar-refractivity contribution is -0.147. The summed E-state index contributed by atoms with van der Waals surface area (Å²) in [7, 11) is 0. The number of hydrogen-bond acceptors (Lipinski definition) is 5. The Morgan fingerprint density at radius 3 is 1.86 bits per heavy atom. The van der Waals surface area contributed by atoms with Crippen molar-refractivity contribution in [2.45, 2.75) is 148 Å². The summed E-state index contributed by atoms with van der Waals surface area (Å²) in [5.41, 5.74) is 0. The first kappa shape index (κ1) is 34.4. The number of rotatable bonds is 26. The highest BCUT2D eigenvalue weighted by Crippen LogP contribution is 2.24. The minimum absolute atomic E-state index is 0.184. The quantitative estimate of drug-likeness (QED) is 0.0700. The molecule has 0 aliphatic carbocycles. The number of aliphatic carboxylic acids is 1. The fourth-order valence-electron chi connectivity index (χ4n) is 4.74. The van der Waals surface area contributed by atoms with Crippen LogP contribution in [0, 0.1) is 11.8 Å². The van der Waals surface area contributed by atoms with Crippen molar-refractivity contribution in [3.05, 3.63) is 0 Å². The molecular formula is C29H55NO6. The van der Waals surface area contributed by atoms with Crippen LogP contribution < -0.4 is 5.32 Å². The van der Waals surface area contributed by atoms with Gasteiger partial charge >= 0.3 is 11.9 Å². The molecule has 0 aromatic heterocycles. The monoisotopic (exact) mass is 513 g/mol. The van der Waals surface area contributed by atoms with Crippen LogP contribution in [0.5, 0.6) is 0 Å². The van der Waals surface area contributed by atoms with Gasteiger partial charge in [-0.25, -0.2) is 4.79 Å². The number of amides is 1. The van der Waals surface area contributed by atoms with Crippen LogP contribution in [0.2, 0.25) is 0 Å². The Balaban J connectivity index is 4.16. The average molecular weight is 514 g/mol. The van der Waals surface area contributed by atoms with E-state index in [0.29, 0.717) is 31.8 Å². The summed E-state index contributed by atoms with van der Waals surface area (Å²) in [6.07, 6.45) is 18.1. The lowest BCUT2D eigenvalue weighted by Gasteiger charge is -2.20. The molecule has 0 bridgehead atoms. The number of carboxylic acids is 1. The molecule has 0 aliphatic rings. The van der Waals surface area contributed by atoms with Gasteiger partial charge in [0.1, 0.15) is 6.04 Å². The zero-order valence-electron chi connectivity index (χ0n) is 23.3. The maximum atomic E-state index is 12.1. The summed E-state index contributed by atoms with van der Waals surface area (Å²) in [6, 6.07) is -0.582. The van der Waals surface area contributed by atoms with Gasteiger partial charge in [0.2, 0.25) is 6.41 Å². The number of ether oxygens (including phenoxy) is 1. The highest BCUT2D eigenvalue weighted by atomic mass is 16.5. The van der Waals surface area contributed by atoms with E-state index in [9.17, 15) is 19.5 Å². The number of aliphatic hydroxyl groups excluding tert-OH is 1. The number of carbonyl (C=O) groups excluding carboxylic acids is 2. The van der Waals surface area contributed by atoms with Gasteiger partial charge in [-0.3, -0.25) is 9.59 Å². The minimum Gasteiger partial charge on any atom is -0.481 e. The normalized spacial score (nSPS) is 13.8. The van der Waals surface area contributed by atoms with Gasteiger partial charge in [0.25, 0.3) is 0 Å². The summed E-state index contributed by atoms with van der Waals surface area (Å²) in [5.74, 6) is -0.678. The number of esters is 1. The fourth-order valence-corrected chi connectivity index (χ4v) is 4.74. The number of aliphatic hydroxyl groups is 1. The molecule has 0 rings (SSSR count). The topological polar surface area (TPSA) is 113 Å². The molecule has 0 spiro atoms. The van der Waals surface area contributed by atoms with Crippen LogP contribution in [0.3, 0.4) is 0 Å². The van der Waals surface area contributed by atoms with E-state index >= 15 is 0 Å². The zero-order chi connectivity index (χ0) is 27.0. The summed E-state index contributed by atoms with van der Waals surface area (Å²) >= 11 is 0. The predicted molar refractivity (Wildman–Crippen MR) is 145 cm³/mol. The van der Waals surface area contributed by atoms with Crippen LogP contribution in [0.15, 0.2) is 0 Å². The van der Waals surface area contributed by atoms with Crippen LogP contribution in [0.25, 0.3) is 0 Å². The SMILES string of the molecule is CCCCCCCCCCC[C@@H](CCCCCCOC(=O)[C@H](CC(C)C)NC=O)C[C@@H](O)CC(=O)O. The van der Waals surface area contributed by atoms with Gasteiger partial charge in [0.15, 0.2) is 0 Å². The molecule has 212 valence electrons. The van der Waals surface area contributed by atoms with Gasteiger partial charge in [0.05, 0.1) is 19.1 Å². The first-order valence-corrected chi connectivity index (χ1v) is 14.6. The number of hydrogen-bond donors (Lipinski definition) is 3. The molecule has 3 N–H and O–H groups in total. The van der Waals surface area contributed by atoms with Crippen molar-refractivity contribution in [3.8, 4) is 0 Å². The van der Waals surface area contributed by atoms with E-state index in [4.69, 9.17) is 9.84 Å². The van der Waals surface area contributed by atoms with Crippen molar-refractivity contribution in [2.24, 2.45) is 11.8 Å². The Bertz CT molecular complexity index is 554. The van der Waals surface area contributed by atoms with Crippen LogP contribution in [-0.4, -0.2) is 47.3 Å². The lowest BCUT2D eigenvalue weighted by Crippen LogP contribution is -2.38. The van der Waals surface area contributed by atoms with Crippen molar-refractivity contribution in [3.63, 3.8) is 0 Å². The van der Waals surface area contributed by atoms with Crippen molar-refractivity contribution in [2.75, 3.05) is 6.61 Å². The molecule has 36 heavy (non-hydrogen) atoms. The zero-order valence-corrected chi connectivity index (χ0v) is 23.3. The second-order valence-electron chi connectivity index (χ2n) is 10.8. The van der Waals surface area contributed by atoms with E-state index in [1.165, 1.54) is 51.4 Å². The van der Waals surface area contributed by atoms with Gasteiger partial charge in [-0.05, 0) is 31.1 Å². The Kier molecular flexibility index (Phi) is 22.7. The van der Waals surface area contributed by atoms with Gasteiger partial charge < -0.3 is 20.3 Å². The van der Waals surface area contributed by atoms with E-state index in [2.05, 4.69) is 12.2 Å². The van der Waals surface area contributed by atoms with E-state index in [0.717, 1.165) is 44.9 Å². The molecule has 0 aliphatic heterocycles. The number of nitrogens with one attached hydrogen (secondary N) is 1. The molecule has 0 fully saturated rings. The largest absolute Gasteiger partial charge is 0.481 e. The summed E-state index contributed by atoms with van der Waals surface area (Å²) in [5, 5.41) is 21.7. The molecule has 0 saturated carbocycles. The molecule has 7 nitrogen and oxygen atoms in total. The third-order valence-corrected chi connectivity index (χ3v) is 6.74. The van der Waals surface area contributed by atoms with E-state index < -0.39 is 18.1 Å². The second kappa shape index (κ2) is 23.7. The molecule has 3 atom stereocenters. The van der Waals surface area contributed by atoms with E-state index in [1.54, 1.807) is 0 Å². The Labute approximate surface area is 220 Å². The third-order valence-electron chi connectivity index (χ3n) is 6.74. The number of carboxylic acid groups (broad SMARTS) is 1. The molecule has 0 radical (unpaired) electrons. The highest BCUT2D eigenvalue weighted by Gasteiger charge is 2.20. The molecule has 0 heterocycles. The smallest absolute Gasteiger partial charge is 0.328 e. The van der Waals surface area contributed by atoms with Crippen LogP contribution in [0.4, 0.5) is 0 Å². The molecule has 0 saturated heterocycles. The van der Waals surface area contributed by atoms with Crippen LogP contribution >= 0.6 is 0 Å². The first-order valence-electron chi connectivity index (χ1n) is 14.6. The van der Waals surface area contributed by atoms with Gasteiger partial charge in [-0.1, -0.05) is 111 Å². The number of unbranched alkanes of at least 4 members (excludes halogenated alkanes) is 11. The Hall–Kier alpha value is -1.63. The van der Waals surface area contributed by atoms with E-state index in [-0.39, 0.29) is 18.3 Å². The maximum Gasteiger partial charge on any atom is 0.328 e. The van der Waals surface area contributed by atoms with Crippen molar-refractivity contribution >= 4 is 18.3 Å². The van der Waals surface area contributed by atoms with Gasteiger partial charge in [-0.15, -0.1) is 0 Å². The molecule has 0 aromatic rings. The van der Waals surface area contributed by atoms with E-state index in [1.807, 2.05) is 13.8 Å².